The van der Waals surface area contributed by atoms with E-state index in [1.807, 2.05) is 48.7 Å². The van der Waals surface area contributed by atoms with Gasteiger partial charge in [0.2, 0.25) is 0 Å². The van der Waals surface area contributed by atoms with Crippen LogP contribution in [0.4, 0.5) is 0 Å². The molecular formula is C18H18ClNO2. The first kappa shape index (κ1) is 14.9. The highest BCUT2D eigenvalue weighted by atomic mass is 35.5. The molecular weight excluding hydrogens is 298 g/mol. The molecule has 0 atom stereocenters. The van der Waals surface area contributed by atoms with Crippen LogP contribution in [0.2, 0.25) is 5.02 Å². The quantitative estimate of drug-likeness (QED) is 0.686. The first-order valence-electron chi connectivity index (χ1n) is 7.42. The molecule has 2 heterocycles. The Kier molecular flexibility index (Phi) is 3.83. The Morgan fingerprint density at radius 3 is 2.50 bits per heavy atom. The summed E-state index contributed by atoms with van der Waals surface area (Å²) in [5.41, 5.74) is 3.40. The van der Waals surface area contributed by atoms with Crippen LogP contribution in [0, 0.1) is 13.8 Å². The Morgan fingerprint density at radius 1 is 1.18 bits per heavy atom. The van der Waals surface area contributed by atoms with E-state index in [1.54, 1.807) is 0 Å². The monoisotopic (exact) mass is 315 g/mol. The highest BCUT2D eigenvalue weighted by Gasteiger charge is 2.18. The Bertz CT molecular complexity index is 888. The molecule has 2 aromatic heterocycles. The zero-order valence-corrected chi connectivity index (χ0v) is 13.7. The van der Waals surface area contributed by atoms with Crippen LogP contribution < -0.4 is 5.56 Å². The third kappa shape index (κ3) is 2.35. The summed E-state index contributed by atoms with van der Waals surface area (Å²) >= 11 is 5.96. The number of fused-ring (bicyclic) bond motifs is 1. The fourth-order valence-electron chi connectivity index (χ4n) is 2.91. The molecule has 0 amide bonds. The maximum atomic E-state index is 12.9. The second-order valence-corrected chi connectivity index (χ2v) is 5.96. The average molecular weight is 316 g/mol. The van der Waals surface area contributed by atoms with Crippen LogP contribution in [-0.2, 0) is 6.54 Å². The summed E-state index contributed by atoms with van der Waals surface area (Å²) in [5.74, 6) is 0.753. The summed E-state index contributed by atoms with van der Waals surface area (Å²) in [7, 11) is 0. The average Bonchev–Trinajstić information content (AvgIpc) is 2.80. The van der Waals surface area contributed by atoms with Crippen molar-refractivity contribution in [3.8, 4) is 11.1 Å². The maximum absolute atomic E-state index is 12.9. The SMILES string of the molecule is CCCn1c(C)cc2oc(C)c(-c3ccc(Cl)cc3)c2c1=O. The standard InChI is InChI=1S/C18H18ClNO2/c1-4-9-20-11(2)10-15-17(18(20)21)16(12(3)22-15)13-5-7-14(19)8-6-13/h5-8,10H,4,9H2,1-3H3. The number of aromatic nitrogens is 1. The molecule has 3 rings (SSSR count). The van der Waals surface area contributed by atoms with Gasteiger partial charge in [0.1, 0.15) is 11.3 Å². The number of hydrogen-bond donors (Lipinski definition) is 0. The van der Waals surface area contributed by atoms with Gasteiger partial charge in [0.05, 0.1) is 5.39 Å². The second kappa shape index (κ2) is 5.65. The van der Waals surface area contributed by atoms with Crippen LogP contribution in [0.3, 0.4) is 0 Å². The van der Waals surface area contributed by atoms with Gasteiger partial charge in [0.25, 0.3) is 5.56 Å². The summed E-state index contributed by atoms with van der Waals surface area (Å²) in [5, 5.41) is 1.33. The molecule has 0 spiro atoms. The molecule has 0 N–H and O–H groups in total. The second-order valence-electron chi connectivity index (χ2n) is 5.52. The molecule has 0 fully saturated rings. The molecule has 0 aliphatic heterocycles. The Hall–Kier alpha value is -2.00. The van der Waals surface area contributed by atoms with Crippen LogP contribution in [-0.4, -0.2) is 4.57 Å². The van der Waals surface area contributed by atoms with E-state index in [1.165, 1.54) is 0 Å². The largest absolute Gasteiger partial charge is 0.460 e. The molecule has 114 valence electrons. The third-order valence-corrected chi connectivity index (χ3v) is 4.17. The van der Waals surface area contributed by atoms with Gasteiger partial charge >= 0.3 is 0 Å². The summed E-state index contributed by atoms with van der Waals surface area (Å²) < 4.78 is 7.65. The van der Waals surface area contributed by atoms with Gasteiger partial charge < -0.3 is 8.98 Å². The van der Waals surface area contributed by atoms with E-state index < -0.39 is 0 Å². The van der Waals surface area contributed by atoms with Gasteiger partial charge in [0.15, 0.2) is 0 Å². The molecule has 3 nitrogen and oxygen atoms in total. The summed E-state index contributed by atoms with van der Waals surface area (Å²) in [6.45, 7) is 6.61. The van der Waals surface area contributed by atoms with Crippen molar-refractivity contribution in [1.82, 2.24) is 4.57 Å². The highest BCUT2D eigenvalue weighted by Crippen LogP contribution is 2.33. The first-order chi connectivity index (χ1) is 10.5. The first-order valence-corrected chi connectivity index (χ1v) is 7.80. The number of pyridine rings is 1. The number of benzene rings is 1. The van der Waals surface area contributed by atoms with Gasteiger partial charge in [0, 0.05) is 28.9 Å². The number of rotatable bonds is 3. The fraction of sp³-hybridized carbons (Fsp3) is 0.278. The Balaban J connectivity index is 2.35. The van der Waals surface area contributed by atoms with Crippen molar-refractivity contribution in [3.63, 3.8) is 0 Å². The van der Waals surface area contributed by atoms with Crippen molar-refractivity contribution >= 4 is 22.6 Å². The number of furan rings is 1. The predicted octanol–water partition coefficient (Wildman–Crippen LogP) is 4.94. The molecule has 22 heavy (non-hydrogen) atoms. The molecule has 0 saturated heterocycles. The Labute approximate surface area is 134 Å². The van der Waals surface area contributed by atoms with Crippen LogP contribution in [0.25, 0.3) is 22.1 Å². The number of halogens is 1. The topological polar surface area (TPSA) is 35.1 Å². The van der Waals surface area contributed by atoms with E-state index in [-0.39, 0.29) is 5.56 Å². The van der Waals surface area contributed by atoms with Crippen LogP contribution in [0.5, 0.6) is 0 Å². The van der Waals surface area contributed by atoms with Crippen molar-refractivity contribution in [2.45, 2.75) is 33.7 Å². The van der Waals surface area contributed by atoms with E-state index in [0.717, 1.165) is 29.0 Å². The molecule has 0 saturated carbocycles. The minimum absolute atomic E-state index is 0.0126. The predicted molar refractivity (Wildman–Crippen MR) is 90.7 cm³/mol. The van der Waals surface area contributed by atoms with E-state index in [4.69, 9.17) is 16.0 Å². The molecule has 4 heteroatoms. The van der Waals surface area contributed by atoms with Gasteiger partial charge in [-0.05, 0) is 38.0 Å². The fourth-order valence-corrected chi connectivity index (χ4v) is 3.03. The molecule has 0 unspecified atom stereocenters. The van der Waals surface area contributed by atoms with Crippen molar-refractivity contribution < 1.29 is 4.42 Å². The van der Waals surface area contributed by atoms with E-state index in [2.05, 4.69) is 6.92 Å². The van der Waals surface area contributed by atoms with E-state index >= 15 is 0 Å². The molecule has 0 aliphatic rings. The minimum Gasteiger partial charge on any atom is -0.460 e. The van der Waals surface area contributed by atoms with Crippen molar-refractivity contribution in [2.24, 2.45) is 0 Å². The lowest BCUT2D eigenvalue weighted by molar-refractivity contribution is 0.575. The van der Waals surface area contributed by atoms with E-state index in [0.29, 0.717) is 22.5 Å². The summed E-state index contributed by atoms with van der Waals surface area (Å²) in [6.07, 6.45) is 0.916. The molecule has 0 aliphatic carbocycles. The summed E-state index contributed by atoms with van der Waals surface area (Å²) in [6, 6.07) is 9.44. The van der Waals surface area contributed by atoms with Crippen LogP contribution in [0.15, 0.2) is 39.5 Å². The maximum Gasteiger partial charge on any atom is 0.262 e. The molecule has 0 radical (unpaired) electrons. The lowest BCUT2D eigenvalue weighted by Gasteiger charge is -2.09. The molecule has 3 aromatic rings. The van der Waals surface area contributed by atoms with Gasteiger partial charge in [-0.2, -0.15) is 0 Å². The number of nitrogens with zero attached hydrogens (tertiary/aromatic N) is 1. The smallest absolute Gasteiger partial charge is 0.262 e. The van der Waals surface area contributed by atoms with Gasteiger partial charge in [-0.1, -0.05) is 30.7 Å². The van der Waals surface area contributed by atoms with Crippen molar-refractivity contribution in [1.29, 1.82) is 0 Å². The van der Waals surface area contributed by atoms with E-state index in [9.17, 15) is 4.79 Å². The number of hydrogen-bond acceptors (Lipinski definition) is 2. The van der Waals surface area contributed by atoms with Crippen molar-refractivity contribution in [2.75, 3.05) is 0 Å². The normalized spacial score (nSPS) is 11.3. The molecule has 0 bridgehead atoms. The summed E-state index contributed by atoms with van der Waals surface area (Å²) in [4.78, 5) is 12.9. The minimum atomic E-state index is 0.0126. The lowest BCUT2D eigenvalue weighted by atomic mass is 10.0. The lowest BCUT2D eigenvalue weighted by Crippen LogP contribution is -2.22. The van der Waals surface area contributed by atoms with Crippen molar-refractivity contribution in [3.05, 3.63) is 57.2 Å². The van der Waals surface area contributed by atoms with Gasteiger partial charge in [-0.25, -0.2) is 0 Å². The number of aryl methyl sites for hydroxylation is 2. The van der Waals surface area contributed by atoms with Crippen LogP contribution >= 0.6 is 11.6 Å². The third-order valence-electron chi connectivity index (χ3n) is 3.92. The van der Waals surface area contributed by atoms with Gasteiger partial charge in [-0.15, -0.1) is 0 Å². The Morgan fingerprint density at radius 2 is 1.86 bits per heavy atom. The highest BCUT2D eigenvalue weighted by molar-refractivity contribution is 6.30. The van der Waals surface area contributed by atoms with Crippen LogP contribution in [0.1, 0.15) is 24.8 Å². The van der Waals surface area contributed by atoms with Gasteiger partial charge in [-0.3, -0.25) is 4.79 Å². The zero-order valence-electron chi connectivity index (χ0n) is 12.9. The zero-order chi connectivity index (χ0) is 15.9. The molecule has 1 aromatic carbocycles.